The summed E-state index contributed by atoms with van der Waals surface area (Å²) in [5, 5.41) is 3.75. The van der Waals surface area contributed by atoms with E-state index in [4.69, 9.17) is 11.6 Å². The maximum atomic E-state index is 13.8. The Morgan fingerprint density at radius 1 is 1.23 bits per heavy atom. The summed E-state index contributed by atoms with van der Waals surface area (Å²) in [4.78, 5) is 15.1. The van der Waals surface area contributed by atoms with Crippen LogP contribution in [0, 0.1) is 5.82 Å². The molecule has 0 bridgehead atoms. The highest BCUT2D eigenvalue weighted by atomic mass is 35.5. The SMILES string of the molecule is C[C@@H](NC(=O)c1cc2cc(Cl)cc(F)c2[nH]1)c1ccccc1. The van der Waals surface area contributed by atoms with E-state index in [2.05, 4.69) is 10.3 Å². The molecule has 3 rings (SSSR count). The predicted molar refractivity (Wildman–Crippen MR) is 85.6 cm³/mol. The molecule has 0 radical (unpaired) electrons. The lowest BCUT2D eigenvalue weighted by molar-refractivity contribution is 0.0935. The average molecular weight is 317 g/mol. The van der Waals surface area contributed by atoms with E-state index in [-0.39, 0.29) is 17.5 Å². The van der Waals surface area contributed by atoms with Gasteiger partial charge in [-0.05, 0) is 30.7 Å². The molecular formula is C17H14ClFN2O. The molecule has 0 aliphatic heterocycles. The molecule has 0 saturated carbocycles. The second-order valence-corrected chi connectivity index (χ2v) is 5.58. The minimum Gasteiger partial charge on any atom is -0.348 e. The van der Waals surface area contributed by atoms with Crippen molar-refractivity contribution in [3.05, 3.63) is 70.6 Å². The fourth-order valence-corrected chi connectivity index (χ4v) is 2.60. The van der Waals surface area contributed by atoms with Crippen molar-refractivity contribution in [2.75, 3.05) is 0 Å². The molecule has 1 aromatic heterocycles. The van der Waals surface area contributed by atoms with E-state index in [1.54, 1.807) is 12.1 Å². The van der Waals surface area contributed by atoms with E-state index in [9.17, 15) is 9.18 Å². The third kappa shape index (κ3) is 2.83. The van der Waals surface area contributed by atoms with Crippen molar-refractivity contribution in [2.45, 2.75) is 13.0 Å². The third-order valence-electron chi connectivity index (χ3n) is 3.54. The molecule has 112 valence electrons. The number of amides is 1. The number of aromatic nitrogens is 1. The van der Waals surface area contributed by atoms with Gasteiger partial charge in [0, 0.05) is 10.4 Å². The van der Waals surface area contributed by atoms with Gasteiger partial charge in [-0.3, -0.25) is 4.79 Å². The zero-order chi connectivity index (χ0) is 15.7. The lowest BCUT2D eigenvalue weighted by Crippen LogP contribution is -2.26. The number of carbonyl (C=O) groups is 1. The van der Waals surface area contributed by atoms with Crippen LogP contribution in [0.1, 0.15) is 29.0 Å². The standard InChI is InChI=1S/C17H14ClFN2O/c1-10(11-5-3-2-4-6-11)20-17(22)15-8-12-7-13(18)9-14(19)16(12)21-15/h2-10,21H,1H3,(H,20,22)/t10-/m1/s1. The van der Waals surface area contributed by atoms with Crippen molar-refractivity contribution in [2.24, 2.45) is 0 Å². The molecule has 1 heterocycles. The van der Waals surface area contributed by atoms with Crippen molar-refractivity contribution in [3.8, 4) is 0 Å². The number of halogens is 2. The predicted octanol–water partition coefficient (Wildman–Crippen LogP) is 4.45. The topological polar surface area (TPSA) is 44.9 Å². The number of H-pyrrole nitrogens is 1. The minimum absolute atomic E-state index is 0.145. The second kappa shape index (κ2) is 5.81. The van der Waals surface area contributed by atoms with Crippen LogP contribution < -0.4 is 5.32 Å². The maximum absolute atomic E-state index is 13.8. The van der Waals surface area contributed by atoms with Gasteiger partial charge in [0.05, 0.1) is 11.6 Å². The largest absolute Gasteiger partial charge is 0.348 e. The number of nitrogens with one attached hydrogen (secondary N) is 2. The van der Waals surface area contributed by atoms with Crippen LogP contribution in [0.5, 0.6) is 0 Å². The summed E-state index contributed by atoms with van der Waals surface area (Å²) < 4.78 is 13.8. The van der Waals surface area contributed by atoms with Crippen LogP contribution in [0.4, 0.5) is 4.39 Å². The molecule has 1 amide bonds. The van der Waals surface area contributed by atoms with Crippen LogP contribution in [0.2, 0.25) is 5.02 Å². The van der Waals surface area contributed by atoms with Crippen LogP contribution in [0.15, 0.2) is 48.5 Å². The van der Waals surface area contributed by atoms with Crippen LogP contribution in [-0.2, 0) is 0 Å². The molecule has 0 aliphatic rings. The first-order valence-corrected chi connectivity index (χ1v) is 7.26. The Kier molecular flexibility index (Phi) is 3.86. The van der Waals surface area contributed by atoms with Gasteiger partial charge in [-0.25, -0.2) is 4.39 Å². The number of aromatic amines is 1. The Bertz CT molecular complexity index is 829. The summed E-state index contributed by atoms with van der Waals surface area (Å²) in [5.41, 5.74) is 1.59. The van der Waals surface area contributed by atoms with Gasteiger partial charge in [-0.15, -0.1) is 0 Å². The van der Waals surface area contributed by atoms with Gasteiger partial charge < -0.3 is 10.3 Å². The fraction of sp³-hybridized carbons (Fsp3) is 0.118. The zero-order valence-electron chi connectivity index (χ0n) is 11.9. The summed E-state index contributed by atoms with van der Waals surface area (Å²) in [7, 11) is 0. The monoisotopic (exact) mass is 316 g/mol. The van der Waals surface area contributed by atoms with Gasteiger partial charge in [0.15, 0.2) is 0 Å². The molecule has 2 aromatic carbocycles. The van der Waals surface area contributed by atoms with Crippen molar-refractivity contribution in [1.29, 1.82) is 0 Å². The lowest BCUT2D eigenvalue weighted by Gasteiger charge is -2.13. The molecule has 0 unspecified atom stereocenters. The van der Waals surface area contributed by atoms with Crippen molar-refractivity contribution >= 4 is 28.4 Å². The van der Waals surface area contributed by atoms with Crippen molar-refractivity contribution in [3.63, 3.8) is 0 Å². The molecule has 1 atom stereocenters. The van der Waals surface area contributed by atoms with E-state index < -0.39 is 5.82 Å². The highest BCUT2D eigenvalue weighted by Crippen LogP contribution is 2.24. The smallest absolute Gasteiger partial charge is 0.268 e. The molecular weight excluding hydrogens is 303 g/mol. The van der Waals surface area contributed by atoms with Crippen LogP contribution in [0.3, 0.4) is 0 Å². The van der Waals surface area contributed by atoms with Gasteiger partial charge in [-0.2, -0.15) is 0 Å². The lowest BCUT2D eigenvalue weighted by atomic mass is 10.1. The Balaban J connectivity index is 1.85. The molecule has 0 aliphatic carbocycles. The van der Waals surface area contributed by atoms with Gasteiger partial charge in [0.25, 0.3) is 5.91 Å². The first kappa shape index (κ1) is 14.6. The molecule has 3 nitrogen and oxygen atoms in total. The highest BCUT2D eigenvalue weighted by molar-refractivity contribution is 6.31. The number of hydrogen-bond donors (Lipinski definition) is 2. The minimum atomic E-state index is -0.474. The average Bonchev–Trinajstić information content (AvgIpc) is 2.92. The second-order valence-electron chi connectivity index (χ2n) is 5.14. The molecule has 22 heavy (non-hydrogen) atoms. The Morgan fingerprint density at radius 3 is 2.68 bits per heavy atom. The number of benzene rings is 2. The Hall–Kier alpha value is -2.33. The van der Waals surface area contributed by atoms with E-state index >= 15 is 0 Å². The van der Waals surface area contributed by atoms with Gasteiger partial charge in [-0.1, -0.05) is 41.9 Å². The van der Waals surface area contributed by atoms with E-state index in [0.717, 1.165) is 5.56 Å². The molecule has 2 N–H and O–H groups in total. The van der Waals surface area contributed by atoms with E-state index in [0.29, 0.717) is 16.1 Å². The zero-order valence-corrected chi connectivity index (χ0v) is 12.6. The molecule has 0 spiro atoms. The normalized spacial score (nSPS) is 12.3. The summed E-state index contributed by atoms with van der Waals surface area (Å²) in [6.07, 6.45) is 0. The summed E-state index contributed by atoms with van der Waals surface area (Å²) in [5.74, 6) is -0.763. The number of fused-ring (bicyclic) bond motifs is 1. The highest BCUT2D eigenvalue weighted by Gasteiger charge is 2.15. The maximum Gasteiger partial charge on any atom is 0.268 e. The van der Waals surface area contributed by atoms with Crippen LogP contribution >= 0.6 is 11.6 Å². The van der Waals surface area contributed by atoms with E-state index in [1.807, 2.05) is 37.3 Å². The quantitative estimate of drug-likeness (QED) is 0.736. The van der Waals surface area contributed by atoms with Crippen LogP contribution in [-0.4, -0.2) is 10.9 Å². The van der Waals surface area contributed by atoms with Crippen molar-refractivity contribution < 1.29 is 9.18 Å². The molecule has 5 heteroatoms. The first-order valence-electron chi connectivity index (χ1n) is 6.88. The summed E-state index contributed by atoms with van der Waals surface area (Å²) >= 11 is 5.82. The Morgan fingerprint density at radius 2 is 1.95 bits per heavy atom. The molecule has 0 fully saturated rings. The number of rotatable bonds is 3. The fourth-order valence-electron chi connectivity index (χ4n) is 2.39. The molecule has 0 saturated heterocycles. The van der Waals surface area contributed by atoms with Crippen LogP contribution in [0.25, 0.3) is 10.9 Å². The number of carbonyl (C=O) groups excluding carboxylic acids is 1. The number of hydrogen-bond acceptors (Lipinski definition) is 1. The van der Waals surface area contributed by atoms with Gasteiger partial charge >= 0.3 is 0 Å². The summed E-state index contributed by atoms with van der Waals surface area (Å²) in [6, 6.07) is 13.9. The van der Waals surface area contributed by atoms with Gasteiger partial charge in [0.1, 0.15) is 11.5 Å². The van der Waals surface area contributed by atoms with E-state index in [1.165, 1.54) is 6.07 Å². The molecule has 3 aromatic rings. The van der Waals surface area contributed by atoms with Crippen molar-refractivity contribution in [1.82, 2.24) is 10.3 Å². The first-order chi connectivity index (χ1) is 10.5. The third-order valence-corrected chi connectivity index (χ3v) is 3.76. The Labute approximate surface area is 132 Å². The van der Waals surface area contributed by atoms with Gasteiger partial charge in [0.2, 0.25) is 0 Å². The summed E-state index contributed by atoms with van der Waals surface area (Å²) in [6.45, 7) is 1.90.